The van der Waals surface area contributed by atoms with Gasteiger partial charge in [-0.1, -0.05) is 0 Å². The minimum absolute atomic E-state index is 0.0425. The molecule has 0 atom stereocenters. The number of alkyl halides is 3. The number of carboxylic acid groups (broad SMARTS) is 1. The molecule has 2 fully saturated rings. The minimum atomic E-state index is -4.61. The Labute approximate surface area is 141 Å². The third kappa shape index (κ3) is 4.91. The molecule has 2 aliphatic rings. The predicted octanol–water partition coefficient (Wildman–Crippen LogP) is 3.01. The van der Waals surface area contributed by atoms with Gasteiger partial charge >= 0.3 is 12.3 Å². The van der Waals surface area contributed by atoms with Gasteiger partial charge in [0.1, 0.15) is 6.61 Å². The van der Waals surface area contributed by atoms with Gasteiger partial charge in [0.05, 0.1) is 18.1 Å². The van der Waals surface area contributed by atoms with Crippen LogP contribution in [0, 0.1) is 5.92 Å². The first-order chi connectivity index (χ1) is 11.8. The summed E-state index contributed by atoms with van der Waals surface area (Å²) in [5.74, 6) is -0.297. The Bertz CT molecular complexity index is 592. The molecule has 1 aromatic heterocycles. The summed E-state index contributed by atoms with van der Waals surface area (Å²) in [5.41, 5.74) is 0. The number of hydrogen-bond acceptors (Lipinski definition) is 6. The molecule has 0 amide bonds. The number of aromatic nitrogens is 2. The highest BCUT2D eigenvalue weighted by Gasteiger charge is 2.40. The number of carboxylic acids is 1. The summed E-state index contributed by atoms with van der Waals surface area (Å²) in [4.78, 5) is 10.9. The molecular formula is C15H19F3N2O5. The van der Waals surface area contributed by atoms with Gasteiger partial charge in [-0.25, -0.2) is 0 Å². The molecule has 2 saturated carbocycles. The zero-order valence-corrected chi connectivity index (χ0v) is 13.4. The standard InChI is InChI=1S/C15H19F3N2O5/c16-15(17,18)25-11-5-10(6-11)23-7-12-19-20-13(24-12)8-1-3-9(4-2-8)14(21)22/h8-11H,1-7H2,(H,21,22)/t8-,9-,10-,11+. The quantitative estimate of drug-likeness (QED) is 0.829. The first kappa shape index (κ1) is 18.1. The van der Waals surface area contributed by atoms with Gasteiger partial charge in [-0.05, 0) is 25.7 Å². The molecule has 25 heavy (non-hydrogen) atoms. The number of aliphatic carboxylic acids is 1. The van der Waals surface area contributed by atoms with Crippen LogP contribution >= 0.6 is 0 Å². The summed E-state index contributed by atoms with van der Waals surface area (Å²) in [6.45, 7) is 0.0425. The van der Waals surface area contributed by atoms with Crippen LogP contribution in [0.4, 0.5) is 13.2 Å². The van der Waals surface area contributed by atoms with E-state index in [0.29, 0.717) is 31.6 Å². The molecule has 2 aliphatic carbocycles. The summed E-state index contributed by atoms with van der Waals surface area (Å²) < 4.78 is 50.9. The van der Waals surface area contributed by atoms with Crippen molar-refractivity contribution in [3.05, 3.63) is 11.8 Å². The van der Waals surface area contributed by atoms with Gasteiger partial charge in [-0.15, -0.1) is 23.4 Å². The normalized spacial score (nSPS) is 30.0. The lowest BCUT2D eigenvalue weighted by molar-refractivity contribution is -0.357. The van der Waals surface area contributed by atoms with Crippen molar-refractivity contribution < 1.29 is 37.0 Å². The van der Waals surface area contributed by atoms with Crippen LogP contribution in [-0.2, 0) is 20.9 Å². The molecule has 0 radical (unpaired) electrons. The second kappa shape index (κ2) is 7.28. The number of nitrogens with zero attached hydrogens (tertiary/aromatic N) is 2. The maximum Gasteiger partial charge on any atom is 0.522 e. The molecular weight excluding hydrogens is 345 g/mol. The summed E-state index contributed by atoms with van der Waals surface area (Å²) in [5, 5.41) is 16.9. The van der Waals surface area contributed by atoms with E-state index >= 15 is 0 Å². The van der Waals surface area contributed by atoms with E-state index in [9.17, 15) is 18.0 Å². The first-order valence-electron chi connectivity index (χ1n) is 8.21. The van der Waals surface area contributed by atoms with Crippen molar-refractivity contribution in [1.29, 1.82) is 0 Å². The van der Waals surface area contributed by atoms with Crippen LogP contribution in [-0.4, -0.2) is 39.8 Å². The molecule has 0 aliphatic heterocycles. The average Bonchev–Trinajstić information content (AvgIpc) is 2.97. The highest BCUT2D eigenvalue weighted by Crippen LogP contribution is 2.36. The Kier molecular flexibility index (Phi) is 5.28. The van der Waals surface area contributed by atoms with Crippen LogP contribution < -0.4 is 0 Å². The second-order valence-corrected chi connectivity index (χ2v) is 6.51. The van der Waals surface area contributed by atoms with E-state index in [4.69, 9.17) is 14.3 Å². The van der Waals surface area contributed by atoms with E-state index < -0.39 is 18.4 Å². The van der Waals surface area contributed by atoms with Crippen molar-refractivity contribution in [2.45, 2.75) is 69.6 Å². The number of hydrogen-bond donors (Lipinski definition) is 1. The minimum Gasteiger partial charge on any atom is -0.481 e. The third-order valence-corrected chi connectivity index (χ3v) is 4.70. The highest BCUT2D eigenvalue weighted by atomic mass is 19.4. The van der Waals surface area contributed by atoms with Crippen molar-refractivity contribution >= 4 is 5.97 Å². The fourth-order valence-corrected chi connectivity index (χ4v) is 3.21. The van der Waals surface area contributed by atoms with Crippen LogP contribution in [0.3, 0.4) is 0 Å². The Balaban J connectivity index is 1.39. The second-order valence-electron chi connectivity index (χ2n) is 6.51. The Hall–Kier alpha value is -1.68. The molecule has 0 saturated heterocycles. The molecule has 0 aromatic carbocycles. The van der Waals surface area contributed by atoms with Gasteiger partial charge < -0.3 is 14.3 Å². The molecule has 0 bridgehead atoms. The van der Waals surface area contributed by atoms with E-state index in [1.54, 1.807) is 0 Å². The summed E-state index contributed by atoms with van der Waals surface area (Å²) in [6.07, 6.45) is -2.90. The van der Waals surface area contributed by atoms with E-state index in [0.717, 1.165) is 0 Å². The molecule has 3 rings (SSSR count). The first-order valence-corrected chi connectivity index (χ1v) is 8.21. The molecule has 1 N–H and O–H groups in total. The van der Waals surface area contributed by atoms with Crippen LogP contribution in [0.15, 0.2) is 4.42 Å². The summed E-state index contributed by atoms with van der Waals surface area (Å²) >= 11 is 0. The van der Waals surface area contributed by atoms with Gasteiger partial charge in [0.2, 0.25) is 11.8 Å². The topological polar surface area (TPSA) is 94.7 Å². The fraction of sp³-hybridized carbons (Fsp3) is 0.800. The molecule has 1 heterocycles. The molecule has 0 unspecified atom stereocenters. The van der Waals surface area contributed by atoms with Gasteiger partial charge in [0.25, 0.3) is 0 Å². The molecule has 10 heteroatoms. The van der Waals surface area contributed by atoms with E-state index in [1.807, 2.05) is 0 Å². The fourth-order valence-electron chi connectivity index (χ4n) is 3.21. The van der Waals surface area contributed by atoms with E-state index in [1.165, 1.54) is 0 Å². The van der Waals surface area contributed by atoms with Crippen molar-refractivity contribution in [3.8, 4) is 0 Å². The number of ether oxygens (including phenoxy) is 2. The number of rotatable bonds is 6. The van der Waals surface area contributed by atoms with Gasteiger partial charge in [0, 0.05) is 18.8 Å². The lowest BCUT2D eigenvalue weighted by Gasteiger charge is -2.34. The molecule has 7 nitrogen and oxygen atoms in total. The maximum absolute atomic E-state index is 12.0. The van der Waals surface area contributed by atoms with Crippen LogP contribution in [0.5, 0.6) is 0 Å². The van der Waals surface area contributed by atoms with Crippen molar-refractivity contribution in [2.24, 2.45) is 5.92 Å². The average molecular weight is 364 g/mol. The van der Waals surface area contributed by atoms with Crippen molar-refractivity contribution in [2.75, 3.05) is 0 Å². The Morgan fingerprint density at radius 3 is 2.44 bits per heavy atom. The smallest absolute Gasteiger partial charge is 0.481 e. The van der Waals surface area contributed by atoms with Crippen molar-refractivity contribution in [1.82, 2.24) is 10.2 Å². The maximum atomic E-state index is 12.0. The van der Waals surface area contributed by atoms with Crippen molar-refractivity contribution in [3.63, 3.8) is 0 Å². The van der Waals surface area contributed by atoms with Crippen LogP contribution in [0.2, 0.25) is 0 Å². The Morgan fingerprint density at radius 1 is 1.16 bits per heavy atom. The monoisotopic (exact) mass is 364 g/mol. The largest absolute Gasteiger partial charge is 0.522 e. The molecule has 1 aromatic rings. The zero-order valence-electron chi connectivity index (χ0n) is 13.4. The van der Waals surface area contributed by atoms with E-state index in [2.05, 4.69) is 14.9 Å². The predicted molar refractivity (Wildman–Crippen MR) is 75.4 cm³/mol. The van der Waals surface area contributed by atoms with E-state index in [-0.39, 0.29) is 43.3 Å². The van der Waals surface area contributed by atoms with Gasteiger partial charge in [0.15, 0.2) is 0 Å². The molecule has 140 valence electrons. The number of carbonyl (C=O) groups is 1. The highest BCUT2D eigenvalue weighted by molar-refractivity contribution is 5.70. The third-order valence-electron chi connectivity index (χ3n) is 4.70. The lowest BCUT2D eigenvalue weighted by Crippen LogP contribution is -2.40. The number of halogens is 3. The summed E-state index contributed by atoms with van der Waals surface area (Å²) in [7, 11) is 0. The Morgan fingerprint density at radius 2 is 1.84 bits per heavy atom. The SMILES string of the molecule is O=C(O)[C@H]1CC[C@H](c2nnc(CO[C@H]3C[C@@H](OC(F)(F)F)C3)o2)CC1. The lowest BCUT2D eigenvalue weighted by atomic mass is 9.82. The van der Waals surface area contributed by atoms with Crippen LogP contribution in [0.25, 0.3) is 0 Å². The van der Waals surface area contributed by atoms with Gasteiger partial charge in [-0.3, -0.25) is 9.53 Å². The van der Waals surface area contributed by atoms with Gasteiger partial charge in [-0.2, -0.15) is 0 Å². The van der Waals surface area contributed by atoms with Crippen LogP contribution in [0.1, 0.15) is 56.2 Å². The molecule has 0 spiro atoms. The zero-order chi connectivity index (χ0) is 18.0. The summed E-state index contributed by atoms with van der Waals surface area (Å²) in [6, 6.07) is 0.